The van der Waals surface area contributed by atoms with Crippen molar-refractivity contribution in [3.8, 4) is 11.8 Å². The molecule has 1 atom stereocenters. The number of hydrogen-bond acceptors (Lipinski definition) is 6. The summed E-state index contributed by atoms with van der Waals surface area (Å²) in [4.78, 5) is 0.00560. The van der Waals surface area contributed by atoms with E-state index in [1.165, 1.54) is 4.31 Å². The van der Waals surface area contributed by atoms with Crippen LogP contribution in [0.15, 0.2) is 95.2 Å². The summed E-state index contributed by atoms with van der Waals surface area (Å²) in [5.41, 5.74) is 8.67. The third kappa shape index (κ3) is 3.38. The summed E-state index contributed by atoms with van der Waals surface area (Å²) >= 11 is 0. The van der Waals surface area contributed by atoms with Gasteiger partial charge in [0.2, 0.25) is 5.88 Å². The summed E-state index contributed by atoms with van der Waals surface area (Å²) in [5.74, 6) is -0.198. The first kappa shape index (κ1) is 21.6. The first-order valence-corrected chi connectivity index (χ1v) is 12.0. The summed E-state index contributed by atoms with van der Waals surface area (Å²) in [6, 6.07) is 25.4. The normalized spacial score (nSPS) is 18.5. The molecule has 3 aromatic carbocycles. The number of hydrogen-bond donors (Lipinski definition) is 1. The third-order valence-electron chi connectivity index (χ3n) is 5.95. The number of rotatable bonds is 4. The van der Waals surface area contributed by atoms with Gasteiger partial charge in [0, 0.05) is 5.56 Å². The number of fused-ring (bicyclic) bond motifs is 2. The van der Waals surface area contributed by atoms with Gasteiger partial charge in [-0.15, -0.1) is 0 Å². The zero-order valence-electron chi connectivity index (χ0n) is 18.3. The van der Waals surface area contributed by atoms with Gasteiger partial charge >= 0.3 is 0 Å². The second kappa shape index (κ2) is 8.28. The lowest BCUT2D eigenvalue weighted by Crippen LogP contribution is -2.39. The highest BCUT2D eigenvalue weighted by atomic mass is 32.2. The number of nitrogens with zero attached hydrogens (tertiary/aromatic N) is 2. The minimum atomic E-state index is -4.11. The smallest absolute Gasteiger partial charge is 0.265 e. The molecule has 0 amide bonds. The van der Waals surface area contributed by atoms with Crippen molar-refractivity contribution in [2.24, 2.45) is 5.73 Å². The van der Waals surface area contributed by atoms with Crippen LogP contribution in [0.1, 0.15) is 22.6 Å². The fourth-order valence-electron chi connectivity index (χ4n) is 4.39. The minimum Gasteiger partial charge on any atom is -0.497 e. The van der Waals surface area contributed by atoms with Crippen molar-refractivity contribution in [3.63, 3.8) is 0 Å². The molecule has 5 rings (SSSR count). The predicted molar refractivity (Wildman–Crippen MR) is 129 cm³/mol. The molecule has 2 aliphatic rings. The van der Waals surface area contributed by atoms with E-state index in [-0.39, 0.29) is 28.7 Å². The van der Waals surface area contributed by atoms with Crippen molar-refractivity contribution < 1.29 is 17.9 Å². The van der Waals surface area contributed by atoms with Crippen molar-refractivity contribution >= 4 is 21.5 Å². The van der Waals surface area contributed by atoms with E-state index in [1.807, 2.05) is 24.3 Å². The van der Waals surface area contributed by atoms with Gasteiger partial charge in [-0.25, -0.2) is 8.42 Å². The molecule has 0 saturated carbocycles. The van der Waals surface area contributed by atoms with Gasteiger partial charge in [-0.3, -0.25) is 4.31 Å². The van der Waals surface area contributed by atoms with Crippen LogP contribution in [0.2, 0.25) is 0 Å². The number of para-hydroxylation sites is 1. The molecule has 0 radical (unpaired) electrons. The SMILES string of the molecule is COc1cccc(CN2c3ccccc3C3=C([C@@H](c4ccccc4)C(C#N)=C(N)O3)S2(=O)=O)c1. The number of nitriles is 1. The molecule has 8 heteroatoms. The Kier molecular flexibility index (Phi) is 5.27. The van der Waals surface area contributed by atoms with Gasteiger partial charge in [-0.05, 0) is 35.4 Å². The molecular formula is C26H21N3O4S. The first-order valence-electron chi connectivity index (χ1n) is 10.6. The second-order valence-electron chi connectivity index (χ2n) is 7.91. The minimum absolute atomic E-state index is 0.00560. The quantitative estimate of drug-likeness (QED) is 0.611. The van der Waals surface area contributed by atoms with Gasteiger partial charge in [0.25, 0.3) is 10.0 Å². The Labute approximate surface area is 198 Å². The lowest BCUT2D eigenvalue weighted by atomic mass is 9.88. The van der Waals surface area contributed by atoms with Crippen LogP contribution < -0.4 is 14.8 Å². The Balaban J connectivity index is 1.74. The van der Waals surface area contributed by atoms with E-state index < -0.39 is 15.9 Å². The van der Waals surface area contributed by atoms with Gasteiger partial charge in [0.05, 0.1) is 25.3 Å². The topological polar surface area (TPSA) is 106 Å². The molecule has 0 aromatic heterocycles. The van der Waals surface area contributed by atoms with E-state index in [0.717, 1.165) is 5.56 Å². The molecule has 7 nitrogen and oxygen atoms in total. The molecule has 34 heavy (non-hydrogen) atoms. The van der Waals surface area contributed by atoms with Gasteiger partial charge < -0.3 is 15.2 Å². The van der Waals surface area contributed by atoms with Crippen molar-refractivity contribution in [1.29, 1.82) is 5.26 Å². The van der Waals surface area contributed by atoms with Crippen LogP contribution in [0, 0.1) is 11.3 Å². The Morgan fingerprint density at radius 1 is 1.06 bits per heavy atom. The van der Waals surface area contributed by atoms with Crippen LogP contribution >= 0.6 is 0 Å². The monoisotopic (exact) mass is 471 g/mol. The molecule has 0 fully saturated rings. The molecule has 2 aliphatic heterocycles. The Hall–Kier alpha value is -4.22. The fourth-order valence-corrected chi connectivity index (χ4v) is 6.31. The number of nitrogens with two attached hydrogens (primary N) is 1. The van der Waals surface area contributed by atoms with E-state index >= 15 is 0 Å². The number of benzene rings is 3. The number of anilines is 1. The molecule has 0 aliphatic carbocycles. The highest BCUT2D eigenvalue weighted by Gasteiger charge is 2.47. The van der Waals surface area contributed by atoms with E-state index in [0.29, 0.717) is 22.6 Å². The average Bonchev–Trinajstić information content (AvgIpc) is 2.86. The van der Waals surface area contributed by atoms with E-state index in [4.69, 9.17) is 15.2 Å². The fraction of sp³-hybridized carbons (Fsp3) is 0.115. The zero-order chi connectivity index (χ0) is 23.9. The average molecular weight is 472 g/mol. The molecule has 2 N–H and O–H groups in total. The first-order chi connectivity index (χ1) is 16.5. The molecule has 0 spiro atoms. The van der Waals surface area contributed by atoms with Crippen molar-refractivity contribution in [3.05, 3.63) is 112 Å². The standard InChI is InChI=1S/C26H21N3O4S/c1-32-19-11-7-8-17(14-19)16-29-22-13-6-5-12-20(22)24-25(34(29,30)31)23(18-9-3-2-4-10-18)21(15-27)26(28)33-24/h2-14,23H,16,28H2,1H3/t23-/m0/s1. The molecule has 170 valence electrons. The number of sulfonamides is 1. The summed E-state index contributed by atoms with van der Waals surface area (Å²) in [6.07, 6.45) is 0. The lowest BCUT2D eigenvalue weighted by molar-refractivity contribution is 0.357. The summed E-state index contributed by atoms with van der Waals surface area (Å²) in [5, 5.41) is 9.89. The van der Waals surface area contributed by atoms with Crippen LogP contribution in [-0.4, -0.2) is 15.5 Å². The number of allylic oxidation sites excluding steroid dienone is 2. The maximum absolute atomic E-state index is 14.2. The highest BCUT2D eigenvalue weighted by molar-refractivity contribution is 7.96. The number of methoxy groups -OCH3 is 1. The van der Waals surface area contributed by atoms with Crippen LogP contribution in [0.5, 0.6) is 5.75 Å². The maximum Gasteiger partial charge on any atom is 0.265 e. The summed E-state index contributed by atoms with van der Waals surface area (Å²) < 4.78 is 40.9. The summed E-state index contributed by atoms with van der Waals surface area (Å²) in [7, 11) is -2.55. The van der Waals surface area contributed by atoms with Gasteiger partial charge in [-0.2, -0.15) is 5.26 Å². The largest absolute Gasteiger partial charge is 0.497 e. The van der Waals surface area contributed by atoms with E-state index in [1.54, 1.807) is 61.7 Å². The van der Waals surface area contributed by atoms with Crippen LogP contribution in [0.3, 0.4) is 0 Å². The predicted octanol–water partition coefficient (Wildman–Crippen LogP) is 4.22. The zero-order valence-corrected chi connectivity index (χ0v) is 19.1. The molecule has 0 unspecified atom stereocenters. The maximum atomic E-state index is 14.2. The van der Waals surface area contributed by atoms with E-state index in [9.17, 15) is 13.7 Å². The molecule has 0 bridgehead atoms. The van der Waals surface area contributed by atoms with Crippen LogP contribution in [-0.2, 0) is 21.3 Å². The van der Waals surface area contributed by atoms with Crippen molar-refractivity contribution in [1.82, 2.24) is 0 Å². The molecule has 0 saturated heterocycles. The van der Waals surface area contributed by atoms with Crippen molar-refractivity contribution in [2.75, 3.05) is 11.4 Å². The second-order valence-corrected chi connectivity index (χ2v) is 9.74. The summed E-state index contributed by atoms with van der Waals surface area (Å²) in [6.45, 7) is 0.0793. The van der Waals surface area contributed by atoms with Gasteiger partial charge in [-0.1, -0.05) is 54.6 Å². The Bertz CT molecular complexity index is 1490. The van der Waals surface area contributed by atoms with Crippen molar-refractivity contribution in [2.45, 2.75) is 12.5 Å². The van der Waals surface area contributed by atoms with Gasteiger partial charge in [0.15, 0.2) is 5.76 Å². The highest BCUT2D eigenvalue weighted by Crippen LogP contribution is 2.51. The van der Waals surface area contributed by atoms with Crippen LogP contribution in [0.4, 0.5) is 5.69 Å². The molecule has 3 aromatic rings. The third-order valence-corrected chi connectivity index (χ3v) is 7.83. The molecule has 2 heterocycles. The van der Waals surface area contributed by atoms with Gasteiger partial charge in [0.1, 0.15) is 22.3 Å². The van der Waals surface area contributed by atoms with Crippen LogP contribution in [0.25, 0.3) is 5.76 Å². The Morgan fingerprint density at radius 3 is 2.53 bits per heavy atom. The molecular weight excluding hydrogens is 450 g/mol. The Morgan fingerprint density at radius 2 is 1.79 bits per heavy atom. The number of ether oxygens (including phenoxy) is 2. The van der Waals surface area contributed by atoms with E-state index in [2.05, 4.69) is 6.07 Å². The lowest BCUT2D eigenvalue weighted by Gasteiger charge is -2.38.